The van der Waals surface area contributed by atoms with E-state index in [9.17, 15) is 4.79 Å². The number of rotatable bonds is 5. The van der Waals surface area contributed by atoms with Crippen LogP contribution in [0, 0.1) is 5.92 Å². The summed E-state index contributed by atoms with van der Waals surface area (Å²) in [6.45, 7) is 3.86. The number of amides is 1. The zero-order valence-electron chi connectivity index (χ0n) is 12.0. The number of nitrogens with one attached hydrogen (secondary N) is 1. The number of carbonyl (C=O) groups is 1. The minimum Gasteiger partial charge on any atom is -0.472 e. The highest BCUT2D eigenvalue weighted by Crippen LogP contribution is 2.18. The molecule has 2 aromatic rings. The van der Waals surface area contributed by atoms with Crippen molar-refractivity contribution in [3.8, 4) is 0 Å². The molecule has 5 heteroatoms. The highest BCUT2D eigenvalue weighted by molar-refractivity contribution is 7.08. The lowest BCUT2D eigenvalue weighted by atomic mass is 9.97. The van der Waals surface area contributed by atoms with Crippen molar-refractivity contribution in [2.75, 3.05) is 19.6 Å². The second-order valence-electron chi connectivity index (χ2n) is 5.60. The van der Waals surface area contributed by atoms with Gasteiger partial charge in [0, 0.05) is 36.1 Å². The predicted octanol–water partition coefficient (Wildman–Crippen LogP) is 2.98. The molecular weight excluding hydrogens is 284 g/mol. The third-order valence-electron chi connectivity index (χ3n) is 3.92. The van der Waals surface area contributed by atoms with Gasteiger partial charge in [-0.1, -0.05) is 0 Å². The fourth-order valence-corrected chi connectivity index (χ4v) is 3.47. The summed E-state index contributed by atoms with van der Waals surface area (Å²) in [6, 6.07) is 3.88. The Hall–Kier alpha value is -1.59. The van der Waals surface area contributed by atoms with Gasteiger partial charge in [-0.2, -0.15) is 11.3 Å². The van der Waals surface area contributed by atoms with Crippen molar-refractivity contribution in [3.05, 3.63) is 46.5 Å². The normalized spacial score (nSPS) is 19.5. The van der Waals surface area contributed by atoms with E-state index in [1.807, 2.05) is 29.2 Å². The average Bonchev–Trinajstić information content (AvgIpc) is 3.18. The molecule has 1 aliphatic heterocycles. The Bertz CT molecular complexity index is 551. The third-order valence-corrected chi connectivity index (χ3v) is 4.61. The first-order chi connectivity index (χ1) is 10.3. The molecule has 0 saturated carbocycles. The number of thiophene rings is 1. The molecular formula is C16H20N2O2S. The molecule has 21 heavy (non-hydrogen) atoms. The number of carbonyl (C=O) groups excluding carboxylic acids is 1. The van der Waals surface area contributed by atoms with E-state index in [1.165, 1.54) is 18.4 Å². The fraction of sp³-hybridized carbons (Fsp3) is 0.438. The fourth-order valence-electron chi connectivity index (χ4n) is 2.84. The third kappa shape index (κ3) is 3.95. The summed E-state index contributed by atoms with van der Waals surface area (Å²) < 4.78 is 5.12. The molecule has 1 N–H and O–H groups in total. The molecule has 1 amide bonds. The lowest BCUT2D eigenvalue weighted by molar-refractivity contribution is 0.0931. The second-order valence-corrected chi connectivity index (χ2v) is 6.38. The first kappa shape index (κ1) is 14.4. The smallest absolute Gasteiger partial charge is 0.252 e. The Morgan fingerprint density at radius 1 is 1.48 bits per heavy atom. The maximum absolute atomic E-state index is 12.0. The van der Waals surface area contributed by atoms with E-state index in [0.29, 0.717) is 5.92 Å². The molecule has 112 valence electrons. The Morgan fingerprint density at radius 3 is 3.19 bits per heavy atom. The van der Waals surface area contributed by atoms with Crippen molar-refractivity contribution in [1.29, 1.82) is 0 Å². The van der Waals surface area contributed by atoms with Crippen LogP contribution in [0.1, 0.15) is 28.8 Å². The number of nitrogens with zero attached hydrogens (tertiary/aromatic N) is 1. The van der Waals surface area contributed by atoms with Crippen molar-refractivity contribution >= 4 is 17.2 Å². The van der Waals surface area contributed by atoms with Crippen LogP contribution in [0.4, 0.5) is 0 Å². The van der Waals surface area contributed by atoms with E-state index in [0.717, 1.165) is 31.7 Å². The van der Waals surface area contributed by atoms with Crippen LogP contribution >= 0.6 is 11.3 Å². The summed E-state index contributed by atoms with van der Waals surface area (Å²) in [5.74, 6) is 0.580. The maximum atomic E-state index is 12.0. The lowest BCUT2D eigenvalue weighted by Gasteiger charge is -2.32. The molecule has 0 spiro atoms. The van der Waals surface area contributed by atoms with Crippen molar-refractivity contribution in [2.24, 2.45) is 5.92 Å². The molecule has 0 aliphatic carbocycles. The van der Waals surface area contributed by atoms with Crippen molar-refractivity contribution in [2.45, 2.75) is 19.4 Å². The van der Waals surface area contributed by atoms with Crippen molar-refractivity contribution in [1.82, 2.24) is 10.2 Å². The quantitative estimate of drug-likeness (QED) is 0.923. The van der Waals surface area contributed by atoms with E-state index >= 15 is 0 Å². The number of furan rings is 1. The number of hydrogen-bond acceptors (Lipinski definition) is 4. The summed E-state index contributed by atoms with van der Waals surface area (Å²) in [5.41, 5.74) is 1.99. The minimum absolute atomic E-state index is 0.0446. The van der Waals surface area contributed by atoms with Gasteiger partial charge in [-0.15, -0.1) is 0 Å². The topological polar surface area (TPSA) is 45.5 Å². The molecule has 3 rings (SSSR count). The van der Waals surface area contributed by atoms with Crippen molar-refractivity contribution < 1.29 is 9.21 Å². The number of piperidine rings is 1. The van der Waals surface area contributed by atoms with E-state index < -0.39 is 0 Å². The maximum Gasteiger partial charge on any atom is 0.252 e. The van der Waals surface area contributed by atoms with Crippen LogP contribution in [0.15, 0.2) is 39.8 Å². The van der Waals surface area contributed by atoms with Crippen molar-refractivity contribution in [3.63, 3.8) is 0 Å². The zero-order valence-corrected chi connectivity index (χ0v) is 12.8. The predicted molar refractivity (Wildman–Crippen MR) is 83.4 cm³/mol. The standard InChI is InChI=1S/C16H20N2O2S/c19-16(15-4-7-21-12-15)17-8-13-2-1-5-18(9-13)10-14-3-6-20-11-14/h3-4,6-7,11-13H,1-2,5,8-10H2,(H,17,19). The Balaban J connectivity index is 1.46. The van der Waals surface area contributed by atoms with Gasteiger partial charge in [0.2, 0.25) is 0 Å². The van der Waals surface area contributed by atoms with Gasteiger partial charge in [0.15, 0.2) is 0 Å². The first-order valence-electron chi connectivity index (χ1n) is 7.35. The van der Waals surface area contributed by atoms with Crippen LogP contribution in [0.25, 0.3) is 0 Å². The summed E-state index contributed by atoms with van der Waals surface area (Å²) in [5, 5.41) is 6.88. The molecule has 0 aromatic carbocycles. The molecule has 1 fully saturated rings. The molecule has 3 heterocycles. The van der Waals surface area contributed by atoms with Crippen LogP contribution in [0.5, 0.6) is 0 Å². The van der Waals surface area contributed by atoms with E-state index in [2.05, 4.69) is 10.2 Å². The van der Waals surface area contributed by atoms with Crippen LogP contribution in [-0.4, -0.2) is 30.4 Å². The average molecular weight is 304 g/mol. The Labute approximate surface area is 128 Å². The minimum atomic E-state index is 0.0446. The van der Waals surface area contributed by atoms with Crippen LogP contribution in [0.3, 0.4) is 0 Å². The molecule has 1 unspecified atom stereocenters. The van der Waals surface area contributed by atoms with Gasteiger partial charge in [0.25, 0.3) is 5.91 Å². The summed E-state index contributed by atoms with van der Waals surface area (Å²) >= 11 is 1.55. The SMILES string of the molecule is O=C(NCC1CCCN(Cc2ccoc2)C1)c1ccsc1. The molecule has 4 nitrogen and oxygen atoms in total. The van der Waals surface area contributed by atoms with Crippen LogP contribution in [-0.2, 0) is 6.54 Å². The largest absolute Gasteiger partial charge is 0.472 e. The van der Waals surface area contributed by atoms with Crippen LogP contribution in [0.2, 0.25) is 0 Å². The second kappa shape index (κ2) is 6.91. The van der Waals surface area contributed by atoms with Gasteiger partial charge >= 0.3 is 0 Å². The summed E-state index contributed by atoms with van der Waals surface area (Å²) in [7, 11) is 0. The van der Waals surface area contributed by atoms with Gasteiger partial charge in [-0.25, -0.2) is 0 Å². The van der Waals surface area contributed by atoms with E-state index in [1.54, 1.807) is 17.6 Å². The molecule has 1 atom stereocenters. The van der Waals surface area contributed by atoms with Gasteiger partial charge in [0.05, 0.1) is 12.5 Å². The lowest BCUT2D eigenvalue weighted by Crippen LogP contribution is -2.40. The summed E-state index contributed by atoms with van der Waals surface area (Å²) in [6.07, 6.45) is 5.91. The highest BCUT2D eigenvalue weighted by atomic mass is 32.1. The zero-order chi connectivity index (χ0) is 14.5. The Kier molecular flexibility index (Phi) is 4.72. The monoisotopic (exact) mass is 304 g/mol. The molecule has 1 saturated heterocycles. The molecule has 1 aliphatic rings. The van der Waals surface area contributed by atoms with E-state index in [4.69, 9.17) is 4.42 Å². The van der Waals surface area contributed by atoms with Gasteiger partial charge in [-0.05, 0) is 42.8 Å². The molecule has 2 aromatic heterocycles. The molecule has 0 radical (unpaired) electrons. The van der Waals surface area contributed by atoms with Gasteiger partial charge < -0.3 is 9.73 Å². The number of hydrogen-bond donors (Lipinski definition) is 1. The van der Waals surface area contributed by atoms with Gasteiger partial charge in [0.1, 0.15) is 0 Å². The Morgan fingerprint density at radius 2 is 2.43 bits per heavy atom. The van der Waals surface area contributed by atoms with Crippen LogP contribution < -0.4 is 5.32 Å². The van der Waals surface area contributed by atoms with Gasteiger partial charge in [-0.3, -0.25) is 9.69 Å². The number of likely N-dealkylation sites (tertiary alicyclic amines) is 1. The first-order valence-corrected chi connectivity index (χ1v) is 8.29. The molecule has 0 bridgehead atoms. The highest BCUT2D eigenvalue weighted by Gasteiger charge is 2.21. The van der Waals surface area contributed by atoms with E-state index in [-0.39, 0.29) is 5.91 Å². The summed E-state index contributed by atoms with van der Waals surface area (Å²) in [4.78, 5) is 14.4.